The quantitative estimate of drug-likeness (QED) is 0.472. The molecule has 34 heavy (non-hydrogen) atoms. The predicted octanol–water partition coefficient (Wildman–Crippen LogP) is 4.05. The van der Waals surface area contributed by atoms with Gasteiger partial charge in [-0.05, 0) is 44.0 Å². The normalized spacial score (nSPS) is 18.3. The molecular weight excluding hydrogens is 477 g/mol. The predicted molar refractivity (Wildman–Crippen MR) is 118 cm³/mol. The molecule has 1 aliphatic carbocycles. The lowest BCUT2D eigenvalue weighted by Gasteiger charge is -2.23. The molecule has 0 heterocycles. The molecule has 2 atom stereocenters. The number of carbonyl (C=O) groups excluding carboxylic acids is 1. The minimum Gasteiger partial charge on any atom is -0.492 e. The molecule has 12 heteroatoms. The van der Waals surface area contributed by atoms with E-state index in [0.29, 0.717) is 12.8 Å². The van der Waals surface area contributed by atoms with Crippen molar-refractivity contribution in [1.29, 1.82) is 0 Å². The van der Waals surface area contributed by atoms with E-state index in [-0.39, 0.29) is 28.6 Å². The first-order valence-electron chi connectivity index (χ1n) is 10.3. The van der Waals surface area contributed by atoms with Crippen LogP contribution in [0, 0.1) is 5.92 Å². The van der Waals surface area contributed by atoms with Crippen LogP contribution >= 0.6 is 0 Å². The van der Waals surface area contributed by atoms with E-state index < -0.39 is 40.1 Å². The monoisotopic (exact) mass is 500 g/mol. The van der Waals surface area contributed by atoms with E-state index in [0.717, 1.165) is 12.1 Å². The summed E-state index contributed by atoms with van der Waals surface area (Å²) < 4.78 is 74.7. The summed E-state index contributed by atoms with van der Waals surface area (Å²) in [4.78, 5) is 12.3. The zero-order valence-corrected chi connectivity index (χ0v) is 18.8. The van der Waals surface area contributed by atoms with Crippen molar-refractivity contribution in [3.8, 4) is 11.5 Å². The summed E-state index contributed by atoms with van der Waals surface area (Å²) in [7, 11) is -4.27. The van der Waals surface area contributed by atoms with Crippen LogP contribution in [0.3, 0.4) is 0 Å². The number of allylic oxidation sites excluding steroid dienone is 1. The van der Waals surface area contributed by atoms with Gasteiger partial charge in [0, 0.05) is 17.8 Å². The highest BCUT2D eigenvalue weighted by atomic mass is 32.2. The molecule has 2 aromatic carbocycles. The number of anilines is 2. The van der Waals surface area contributed by atoms with Crippen molar-refractivity contribution in [3.63, 3.8) is 0 Å². The molecule has 8 nitrogen and oxygen atoms in total. The van der Waals surface area contributed by atoms with Crippen LogP contribution in [0.15, 0.2) is 59.5 Å². The second-order valence-electron chi connectivity index (χ2n) is 7.38. The number of amides is 1. The fourth-order valence-corrected chi connectivity index (χ4v) is 4.54. The third kappa shape index (κ3) is 6.64. The van der Waals surface area contributed by atoms with Gasteiger partial charge in [0.15, 0.2) is 0 Å². The fraction of sp³-hybridized carbons (Fsp3) is 0.318. The van der Waals surface area contributed by atoms with Crippen LogP contribution in [-0.2, 0) is 14.8 Å². The number of hydrogen-bond acceptors (Lipinski definition) is 6. The lowest BCUT2D eigenvalue weighted by molar-refractivity contribution is -0.274. The Morgan fingerprint density at radius 1 is 1.12 bits per heavy atom. The van der Waals surface area contributed by atoms with Gasteiger partial charge in [-0.1, -0.05) is 18.2 Å². The lowest BCUT2D eigenvalue weighted by Crippen LogP contribution is -2.33. The maximum atomic E-state index is 12.9. The summed E-state index contributed by atoms with van der Waals surface area (Å²) in [5, 5.41) is 12.7. The molecular formula is C22H23F3N2O6S. The molecule has 0 saturated heterocycles. The second-order valence-corrected chi connectivity index (χ2v) is 9.03. The van der Waals surface area contributed by atoms with E-state index in [1.807, 2.05) is 0 Å². The fourth-order valence-electron chi connectivity index (χ4n) is 3.36. The van der Waals surface area contributed by atoms with Gasteiger partial charge in [-0.2, -0.15) is 0 Å². The number of halogens is 3. The second kappa shape index (κ2) is 10.3. The van der Waals surface area contributed by atoms with Crippen LogP contribution in [0.4, 0.5) is 24.5 Å². The van der Waals surface area contributed by atoms with E-state index in [1.165, 1.54) is 30.3 Å². The van der Waals surface area contributed by atoms with Crippen LogP contribution < -0.4 is 19.5 Å². The number of aliphatic hydroxyl groups is 1. The summed E-state index contributed by atoms with van der Waals surface area (Å²) in [6, 6.07) is 8.27. The maximum absolute atomic E-state index is 12.9. The van der Waals surface area contributed by atoms with Crippen LogP contribution in [0.5, 0.6) is 11.5 Å². The summed E-state index contributed by atoms with van der Waals surface area (Å²) >= 11 is 0. The SMILES string of the molecule is CCOc1cc(NC(=O)[C@H]2CC=CC[C@H]2O)ccc1S(=O)(=O)Nc1cccc(OC(F)(F)F)c1. The highest BCUT2D eigenvalue weighted by molar-refractivity contribution is 7.92. The number of alkyl halides is 3. The first-order valence-corrected chi connectivity index (χ1v) is 11.8. The Hall–Kier alpha value is -3.25. The Bertz CT molecular complexity index is 1170. The number of benzene rings is 2. The Morgan fingerprint density at radius 2 is 1.85 bits per heavy atom. The average Bonchev–Trinajstić information content (AvgIpc) is 2.73. The number of sulfonamides is 1. The van der Waals surface area contributed by atoms with Gasteiger partial charge in [0.1, 0.15) is 16.4 Å². The van der Waals surface area contributed by atoms with Crippen molar-refractivity contribution in [3.05, 3.63) is 54.6 Å². The number of nitrogens with one attached hydrogen (secondary N) is 2. The van der Waals surface area contributed by atoms with Gasteiger partial charge in [-0.3, -0.25) is 9.52 Å². The zero-order valence-electron chi connectivity index (χ0n) is 18.0. The Morgan fingerprint density at radius 3 is 2.53 bits per heavy atom. The number of aliphatic hydroxyl groups excluding tert-OH is 1. The molecule has 2 aromatic rings. The smallest absolute Gasteiger partial charge is 0.492 e. The topological polar surface area (TPSA) is 114 Å². The number of rotatable bonds is 8. The molecule has 0 saturated carbocycles. The van der Waals surface area contributed by atoms with Crippen LogP contribution in [-0.4, -0.2) is 38.5 Å². The van der Waals surface area contributed by atoms with Crippen molar-refractivity contribution in [2.75, 3.05) is 16.6 Å². The largest absolute Gasteiger partial charge is 0.573 e. The molecule has 0 radical (unpaired) electrons. The molecule has 1 aliphatic rings. The van der Waals surface area contributed by atoms with Gasteiger partial charge >= 0.3 is 6.36 Å². The van der Waals surface area contributed by atoms with Gasteiger partial charge in [-0.25, -0.2) is 8.42 Å². The first kappa shape index (κ1) is 25.4. The standard InChI is InChI=1S/C22H23F3N2O6S/c1-2-32-19-13-14(26-21(29)17-8-3-4-9-18(17)28)10-11-20(19)34(30,31)27-15-6-5-7-16(12-15)33-22(23,24)25/h3-7,10-13,17-18,27-28H,2,8-9H2,1H3,(H,26,29)/t17-,18+/m0/s1. The van der Waals surface area contributed by atoms with Gasteiger partial charge in [0.2, 0.25) is 5.91 Å². The molecule has 1 amide bonds. The zero-order chi connectivity index (χ0) is 24.9. The van der Waals surface area contributed by atoms with E-state index >= 15 is 0 Å². The van der Waals surface area contributed by atoms with Crippen LogP contribution in [0.2, 0.25) is 0 Å². The maximum Gasteiger partial charge on any atom is 0.573 e. The van der Waals surface area contributed by atoms with Gasteiger partial charge in [0.05, 0.1) is 24.3 Å². The third-order valence-electron chi connectivity index (χ3n) is 4.86. The van der Waals surface area contributed by atoms with Gasteiger partial charge in [-0.15, -0.1) is 13.2 Å². The molecule has 0 aromatic heterocycles. The lowest BCUT2D eigenvalue weighted by atomic mass is 9.90. The number of carbonyl (C=O) groups is 1. The van der Waals surface area contributed by atoms with Crippen molar-refractivity contribution in [2.24, 2.45) is 5.92 Å². The Balaban J connectivity index is 1.82. The van der Waals surface area contributed by atoms with Crippen molar-refractivity contribution < 1.29 is 41.0 Å². The van der Waals surface area contributed by atoms with Crippen molar-refractivity contribution >= 4 is 27.3 Å². The summed E-state index contributed by atoms with van der Waals surface area (Å²) in [6.45, 7) is 1.75. The van der Waals surface area contributed by atoms with Gasteiger partial charge < -0.3 is 19.9 Å². The molecule has 0 unspecified atom stereocenters. The summed E-state index contributed by atoms with van der Waals surface area (Å²) in [6.07, 6.45) is -1.42. The van der Waals surface area contributed by atoms with E-state index in [1.54, 1.807) is 19.1 Å². The Kier molecular flexibility index (Phi) is 7.72. The minimum absolute atomic E-state index is 0.0698. The van der Waals surface area contributed by atoms with Crippen LogP contribution in [0.1, 0.15) is 19.8 Å². The highest BCUT2D eigenvalue weighted by Crippen LogP contribution is 2.31. The molecule has 0 bridgehead atoms. The summed E-state index contributed by atoms with van der Waals surface area (Å²) in [5.41, 5.74) is 0.107. The van der Waals surface area contributed by atoms with E-state index in [2.05, 4.69) is 14.8 Å². The van der Waals surface area contributed by atoms with Gasteiger partial charge in [0.25, 0.3) is 10.0 Å². The Labute approximate surface area is 194 Å². The van der Waals surface area contributed by atoms with Crippen LogP contribution in [0.25, 0.3) is 0 Å². The third-order valence-corrected chi connectivity index (χ3v) is 6.28. The van der Waals surface area contributed by atoms with Crippen molar-refractivity contribution in [2.45, 2.75) is 37.1 Å². The molecule has 3 rings (SSSR count). The van der Waals surface area contributed by atoms with E-state index in [9.17, 15) is 31.5 Å². The minimum atomic E-state index is -4.93. The number of hydrogen-bond donors (Lipinski definition) is 3. The first-order chi connectivity index (χ1) is 16.0. The molecule has 184 valence electrons. The number of ether oxygens (including phenoxy) is 2. The highest BCUT2D eigenvalue weighted by Gasteiger charge is 2.31. The average molecular weight is 500 g/mol. The van der Waals surface area contributed by atoms with Crippen molar-refractivity contribution in [1.82, 2.24) is 0 Å². The molecule has 0 fully saturated rings. The summed E-state index contributed by atoms with van der Waals surface area (Å²) in [5.74, 6) is -1.72. The van der Waals surface area contributed by atoms with E-state index in [4.69, 9.17) is 4.74 Å². The molecule has 0 aliphatic heterocycles. The molecule has 3 N–H and O–H groups in total. The molecule has 0 spiro atoms.